The molecule has 0 spiro atoms. The van der Waals surface area contributed by atoms with E-state index >= 15 is 0 Å². The molecule has 0 atom stereocenters. The molecule has 0 aromatic heterocycles. The molecule has 0 bridgehead atoms. The molecule has 2 aromatic rings. The van der Waals surface area contributed by atoms with E-state index in [1.165, 1.54) is 12.1 Å². The maximum absolute atomic E-state index is 13.7. The Labute approximate surface area is 117 Å². The SMILES string of the molecule is Nc1cc(F)c(Nc2ccc(Cl)cc2F)cc1C(=O)O. The van der Waals surface area contributed by atoms with Crippen molar-refractivity contribution >= 4 is 34.6 Å². The van der Waals surface area contributed by atoms with Gasteiger partial charge in [0.05, 0.1) is 16.9 Å². The van der Waals surface area contributed by atoms with Gasteiger partial charge in [0.15, 0.2) is 0 Å². The maximum Gasteiger partial charge on any atom is 0.337 e. The molecule has 2 aromatic carbocycles. The molecule has 104 valence electrons. The van der Waals surface area contributed by atoms with Gasteiger partial charge >= 0.3 is 5.97 Å². The van der Waals surface area contributed by atoms with Gasteiger partial charge in [-0.25, -0.2) is 13.6 Å². The Hall–Kier alpha value is -2.34. The molecule has 2 rings (SSSR count). The van der Waals surface area contributed by atoms with Crippen LogP contribution in [0, 0.1) is 11.6 Å². The Bertz CT molecular complexity index is 692. The number of anilines is 3. The normalized spacial score (nSPS) is 10.3. The number of hydrogen-bond acceptors (Lipinski definition) is 3. The zero-order valence-corrected chi connectivity index (χ0v) is 10.7. The molecule has 0 aliphatic heterocycles. The van der Waals surface area contributed by atoms with Gasteiger partial charge in [-0.05, 0) is 30.3 Å². The number of halogens is 3. The van der Waals surface area contributed by atoms with Crippen molar-refractivity contribution in [2.45, 2.75) is 0 Å². The number of carboxylic acids is 1. The van der Waals surface area contributed by atoms with E-state index in [2.05, 4.69) is 5.32 Å². The summed E-state index contributed by atoms with van der Waals surface area (Å²) in [6.45, 7) is 0. The van der Waals surface area contributed by atoms with E-state index in [0.29, 0.717) is 0 Å². The van der Waals surface area contributed by atoms with E-state index in [1.807, 2.05) is 0 Å². The van der Waals surface area contributed by atoms with Crippen LogP contribution in [0.25, 0.3) is 0 Å². The lowest BCUT2D eigenvalue weighted by Gasteiger charge is -2.11. The van der Waals surface area contributed by atoms with Gasteiger partial charge in [-0.1, -0.05) is 11.6 Å². The summed E-state index contributed by atoms with van der Waals surface area (Å²) in [7, 11) is 0. The van der Waals surface area contributed by atoms with Crippen molar-refractivity contribution in [3.8, 4) is 0 Å². The van der Waals surface area contributed by atoms with E-state index in [9.17, 15) is 13.6 Å². The first kappa shape index (κ1) is 14.1. The van der Waals surface area contributed by atoms with Crippen molar-refractivity contribution in [3.63, 3.8) is 0 Å². The summed E-state index contributed by atoms with van der Waals surface area (Å²) in [6.07, 6.45) is 0. The average Bonchev–Trinajstić information content (AvgIpc) is 2.35. The minimum absolute atomic E-state index is 0.0330. The van der Waals surface area contributed by atoms with Crippen LogP contribution in [0.2, 0.25) is 5.02 Å². The lowest BCUT2D eigenvalue weighted by molar-refractivity contribution is 0.0698. The molecule has 0 unspecified atom stereocenters. The highest BCUT2D eigenvalue weighted by Crippen LogP contribution is 2.27. The standard InChI is InChI=1S/C13H9ClF2N2O2/c14-6-1-2-11(8(15)3-6)18-12-4-7(13(19)20)10(17)5-9(12)16/h1-5,18H,17H2,(H,19,20). The molecule has 0 fully saturated rings. The molecule has 0 saturated heterocycles. The number of carboxylic acid groups (broad SMARTS) is 1. The summed E-state index contributed by atoms with van der Waals surface area (Å²) < 4.78 is 27.3. The molecular formula is C13H9ClF2N2O2. The topological polar surface area (TPSA) is 75.3 Å². The molecule has 0 aliphatic carbocycles. The summed E-state index contributed by atoms with van der Waals surface area (Å²) in [4.78, 5) is 10.9. The molecule has 0 saturated carbocycles. The molecule has 7 heteroatoms. The highest BCUT2D eigenvalue weighted by Gasteiger charge is 2.14. The molecule has 0 aliphatic rings. The van der Waals surface area contributed by atoms with Crippen LogP contribution >= 0.6 is 11.6 Å². The fourth-order valence-electron chi connectivity index (χ4n) is 1.61. The van der Waals surface area contributed by atoms with Gasteiger partial charge < -0.3 is 16.2 Å². The molecule has 4 nitrogen and oxygen atoms in total. The first-order chi connectivity index (χ1) is 9.38. The zero-order valence-electron chi connectivity index (χ0n) is 9.95. The Morgan fingerprint density at radius 2 is 1.80 bits per heavy atom. The quantitative estimate of drug-likeness (QED) is 0.756. The summed E-state index contributed by atoms with van der Waals surface area (Å²) >= 11 is 5.60. The highest BCUT2D eigenvalue weighted by atomic mass is 35.5. The Kier molecular flexibility index (Phi) is 3.76. The van der Waals surface area contributed by atoms with Crippen molar-refractivity contribution in [2.24, 2.45) is 0 Å². The largest absolute Gasteiger partial charge is 0.478 e. The number of nitrogens with one attached hydrogen (secondary N) is 1. The van der Waals surface area contributed by atoms with Gasteiger partial charge in [-0.2, -0.15) is 0 Å². The molecule has 0 heterocycles. The second-order valence-electron chi connectivity index (χ2n) is 3.97. The van der Waals surface area contributed by atoms with Crippen molar-refractivity contribution in [3.05, 3.63) is 52.6 Å². The van der Waals surface area contributed by atoms with Crippen LogP contribution < -0.4 is 11.1 Å². The van der Waals surface area contributed by atoms with E-state index in [-0.39, 0.29) is 27.6 Å². The molecule has 0 radical (unpaired) electrons. The number of benzene rings is 2. The number of nitrogen functional groups attached to an aromatic ring is 1. The Morgan fingerprint density at radius 1 is 1.15 bits per heavy atom. The highest BCUT2D eigenvalue weighted by molar-refractivity contribution is 6.30. The average molecular weight is 299 g/mol. The van der Waals surface area contributed by atoms with Gasteiger partial charge in [-0.15, -0.1) is 0 Å². The fourth-order valence-corrected chi connectivity index (χ4v) is 1.76. The number of carbonyl (C=O) groups is 1. The van der Waals surface area contributed by atoms with Gasteiger partial charge in [-0.3, -0.25) is 0 Å². The minimum atomic E-state index is -1.30. The van der Waals surface area contributed by atoms with Crippen LogP contribution in [-0.4, -0.2) is 11.1 Å². The zero-order chi connectivity index (χ0) is 14.9. The van der Waals surface area contributed by atoms with Crippen molar-refractivity contribution < 1.29 is 18.7 Å². The number of aromatic carboxylic acids is 1. The number of nitrogens with two attached hydrogens (primary N) is 1. The van der Waals surface area contributed by atoms with Gasteiger partial charge in [0.2, 0.25) is 0 Å². The first-order valence-electron chi connectivity index (χ1n) is 5.43. The van der Waals surface area contributed by atoms with Crippen molar-refractivity contribution in [1.29, 1.82) is 0 Å². The number of rotatable bonds is 3. The predicted molar refractivity (Wildman–Crippen MR) is 72.5 cm³/mol. The Balaban J connectivity index is 2.43. The second-order valence-corrected chi connectivity index (χ2v) is 4.41. The van der Waals surface area contributed by atoms with E-state index < -0.39 is 17.6 Å². The monoisotopic (exact) mass is 298 g/mol. The summed E-state index contributed by atoms with van der Waals surface area (Å²) in [6, 6.07) is 5.64. The third kappa shape index (κ3) is 2.80. The van der Waals surface area contributed by atoms with E-state index in [4.69, 9.17) is 22.4 Å². The maximum atomic E-state index is 13.7. The first-order valence-corrected chi connectivity index (χ1v) is 5.80. The lowest BCUT2D eigenvalue weighted by atomic mass is 10.1. The Morgan fingerprint density at radius 3 is 2.40 bits per heavy atom. The third-order valence-corrected chi connectivity index (χ3v) is 2.81. The fraction of sp³-hybridized carbons (Fsp3) is 0. The van der Waals surface area contributed by atoms with Crippen LogP contribution in [0.3, 0.4) is 0 Å². The summed E-state index contributed by atoms with van der Waals surface area (Å²) in [5.74, 6) is -2.78. The van der Waals surface area contributed by atoms with Crippen LogP contribution in [0.5, 0.6) is 0 Å². The smallest absolute Gasteiger partial charge is 0.337 e. The van der Waals surface area contributed by atoms with E-state index in [1.54, 1.807) is 0 Å². The van der Waals surface area contributed by atoms with Crippen molar-refractivity contribution in [2.75, 3.05) is 11.1 Å². The van der Waals surface area contributed by atoms with Gasteiger partial charge in [0, 0.05) is 10.7 Å². The molecule has 0 amide bonds. The van der Waals surface area contributed by atoms with Gasteiger partial charge in [0.25, 0.3) is 0 Å². The third-order valence-electron chi connectivity index (χ3n) is 2.57. The van der Waals surface area contributed by atoms with Crippen LogP contribution in [0.4, 0.5) is 25.8 Å². The minimum Gasteiger partial charge on any atom is -0.478 e. The number of hydrogen-bond donors (Lipinski definition) is 3. The summed E-state index contributed by atoms with van der Waals surface area (Å²) in [5, 5.41) is 11.6. The lowest BCUT2D eigenvalue weighted by Crippen LogP contribution is -2.05. The van der Waals surface area contributed by atoms with E-state index in [0.717, 1.165) is 18.2 Å². The molecule has 20 heavy (non-hydrogen) atoms. The molecular weight excluding hydrogens is 290 g/mol. The van der Waals surface area contributed by atoms with Crippen molar-refractivity contribution in [1.82, 2.24) is 0 Å². The van der Waals surface area contributed by atoms with Crippen LogP contribution in [0.15, 0.2) is 30.3 Å². The molecule has 4 N–H and O–H groups in total. The van der Waals surface area contributed by atoms with Crippen LogP contribution in [-0.2, 0) is 0 Å². The summed E-state index contributed by atoms with van der Waals surface area (Å²) in [5.41, 5.74) is 4.68. The van der Waals surface area contributed by atoms with Crippen LogP contribution in [0.1, 0.15) is 10.4 Å². The second kappa shape index (κ2) is 5.34. The van der Waals surface area contributed by atoms with Gasteiger partial charge in [0.1, 0.15) is 11.6 Å². The predicted octanol–water partition coefficient (Wildman–Crippen LogP) is 3.64.